The topological polar surface area (TPSA) is 76.9 Å². The number of thiazole rings is 1. The van der Waals surface area contributed by atoms with Gasteiger partial charge >= 0.3 is 0 Å². The van der Waals surface area contributed by atoms with E-state index in [0.717, 1.165) is 20.5 Å². The Balaban J connectivity index is 1.41. The van der Waals surface area contributed by atoms with Gasteiger partial charge in [0.15, 0.2) is 5.16 Å². The summed E-state index contributed by atoms with van der Waals surface area (Å²) in [6.07, 6.45) is 1.88. The summed E-state index contributed by atoms with van der Waals surface area (Å²) in [5, 5.41) is 6.69. The number of nitrogens with zero attached hydrogens (tertiary/aromatic N) is 3. The van der Waals surface area contributed by atoms with Crippen molar-refractivity contribution in [3.8, 4) is 9.88 Å². The van der Waals surface area contributed by atoms with Crippen molar-refractivity contribution in [1.29, 1.82) is 0 Å². The number of aryl methyl sites for hydroxylation is 2. The van der Waals surface area contributed by atoms with Gasteiger partial charge in [-0.2, -0.15) is 0 Å². The van der Waals surface area contributed by atoms with Crippen molar-refractivity contribution in [3.05, 3.63) is 50.2 Å². The lowest BCUT2D eigenvalue weighted by Crippen LogP contribution is -2.31. The SMILES string of the molecule is Cc1nc(-c2cccs2)sc1CNC(=O)CC1CSc2ncc(C)c(=O)n21. The molecule has 0 bridgehead atoms. The molecule has 1 amide bonds. The summed E-state index contributed by atoms with van der Waals surface area (Å²) in [5.41, 5.74) is 1.50. The molecule has 1 N–H and O–H groups in total. The molecule has 0 spiro atoms. The fraction of sp³-hybridized carbons (Fsp3) is 0.333. The molecule has 4 heterocycles. The largest absolute Gasteiger partial charge is 0.351 e. The van der Waals surface area contributed by atoms with Crippen LogP contribution >= 0.6 is 34.4 Å². The molecule has 27 heavy (non-hydrogen) atoms. The number of thioether (sulfide) groups is 1. The van der Waals surface area contributed by atoms with Gasteiger partial charge in [0.25, 0.3) is 5.56 Å². The molecule has 0 aromatic carbocycles. The first-order valence-corrected chi connectivity index (χ1v) is 11.2. The minimum Gasteiger partial charge on any atom is -0.351 e. The Kier molecular flexibility index (Phi) is 5.16. The molecule has 1 aliphatic heterocycles. The average Bonchev–Trinajstić information content (AvgIpc) is 3.37. The summed E-state index contributed by atoms with van der Waals surface area (Å²) < 4.78 is 1.66. The standard InChI is InChI=1S/C18H18N4O2S3/c1-10-7-20-18-22(17(10)24)12(9-26-18)6-15(23)19-8-14-11(2)21-16(27-14)13-4-3-5-25-13/h3-5,7,12H,6,8-9H2,1-2H3,(H,19,23). The molecule has 9 heteroatoms. The third-order valence-electron chi connectivity index (χ3n) is 4.39. The van der Waals surface area contributed by atoms with Crippen LogP contribution in [0.5, 0.6) is 0 Å². The van der Waals surface area contributed by atoms with Crippen LogP contribution in [0.2, 0.25) is 0 Å². The first-order chi connectivity index (χ1) is 13.0. The van der Waals surface area contributed by atoms with E-state index < -0.39 is 0 Å². The molecule has 0 radical (unpaired) electrons. The number of hydrogen-bond donors (Lipinski definition) is 1. The van der Waals surface area contributed by atoms with E-state index in [0.29, 0.717) is 23.0 Å². The van der Waals surface area contributed by atoms with Crippen molar-refractivity contribution in [2.45, 2.75) is 38.0 Å². The van der Waals surface area contributed by atoms with E-state index in [1.807, 2.05) is 24.4 Å². The number of hydrogen-bond acceptors (Lipinski definition) is 7. The summed E-state index contributed by atoms with van der Waals surface area (Å²) in [5.74, 6) is 0.633. The molecule has 0 fully saturated rings. The van der Waals surface area contributed by atoms with E-state index in [1.165, 1.54) is 11.8 Å². The molecule has 6 nitrogen and oxygen atoms in total. The first kappa shape index (κ1) is 18.4. The molecule has 1 unspecified atom stereocenters. The maximum absolute atomic E-state index is 12.5. The van der Waals surface area contributed by atoms with Crippen LogP contribution in [0.4, 0.5) is 0 Å². The number of aromatic nitrogens is 3. The lowest BCUT2D eigenvalue weighted by molar-refractivity contribution is -0.121. The Hall–Kier alpha value is -1.97. The zero-order chi connectivity index (χ0) is 19.0. The molecular formula is C18H18N4O2S3. The lowest BCUT2D eigenvalue weighted by Gasteiger charge is -2.13. The van der Waals surface area contributed by atoms with Crippen LogP contribution in [0, 0.1) is 13.8 Å². The number of carbonyl (C=O) groups is 1. The zero-order valence-corrected chi connectivity index (χ0v) is 17.3. The number of amides is 1. The molecule has 0 saturated carbocycles. The van der Waals surface area contributed by atoms with E-state index in [1.54, 1.807) is 40.4 Å². The molecule has 0 aliphatic carbocycles. The van der Waals surface area contributed by atoms with Crippen LogP contribution < -0.4 is 10.9 Å². The van der Waals surface area contributed by atoms with Gasteiger partial charge in [-0.3, -0.25) is 14.2 Å². The van der Waals surface area contributed by atoms with Crippen LogP contribution in [0.1, 0.15) is 28.6 Å². The van der Waals surface area contributed by atoms with E-state index in [-0.39, 0.29) is 23.9 Å². The molecule has 4 rings (SSSR count). The predicted molar refractivity (Wildman–Crippen MR) is 110 cm³/mol. The molecule has 0 saturated heterocycles. The van der Waals surface area contributed by atoms with Crippen molar-refractivity contribution in [2.75, 3.05) is 5.75 Å². The highest BCUT2D eigenvalue weighted by atomic mass is 32.2. The summed E-state index contributed by atoms with van der Waals surface area (Å²) in [4.78, 5) is 35.9. The summed E-state index contributed by atoms with van der Waals surface area (Å²) in [6, 6.07) is 3.91. The fourth-order valence-corrected chi connectivity index (χ4v) is 5.84. The average molecular weight is 419 g/mol. The maximum Gasteiger partial charge on any atom is 0.257 e. The molecule has 1 atom stereocenters. The third kappa shape index (κ3) is 3.71. The maximum atomic E-state index is 12.5. The minimum absolute atomic E-state index is 0.0540. The quantitative estimate of drug-likeness (QED) is 0.643. The Morgan fingerprint density at radius 2 is 2.26 bits per heavy atom. The Bertz CT molecular complexity index is 1040. The number of carbonyl (C=O) groups excluding carboxylic acids is 1. The van der Waals surface area contributed by atoms with Gasteiger partial charge < -0.3 is 5.32 Å². The van der Waals surface area contributed by atoms with Crippen LogP contribution in [0.25, 0.3) is 9.88 Å². The molecule has 1 aliphatic rings. The third-order valence-corrected chi connectivity index (χ3v) is 7.70. The van der Waals surface area contributed by atoms with Gasteiger partial charge in [-0.05, 0) is 25.3 Å². The van der Waals surface area contributed by atoms with Crippen LogP contribution in [-0.2, 0) is 11.3 Å². The summed E-state index contributed by atoms with van der Waals surface area (Å²) >= 11 is 4.79. The Labute approximate surface area is 168 Å². The highest BCUT2D eigenvalue weighted by Crippen LogP contribution is 2.32. The normalized spacial score (nSPS) is 15.7. The van der Waals surface area contributed by atoms with E-state index in [4.69, 9.17) is 0 Å². The van der Waals surface area contributed by atoms with Crippen molar-refractivity contribution < 1.29 is 4.79 Å². The van der Waals surface area contributed by atoms with Crippen LogP contribution in [0.3, 0.4) is 0 Å². The van der Waals surface area contributed by atoms with Gasteiger partial charge in [-0.15, -0.1) is 22.7 Å². The number of rotatable bonds is 5. The van der Waals surface area contributed by atoms with Gasteiger partial charge in [0.05, 0.1) is 23.2 Å². The monoisotopic (exact) mass is 418 g/mol. The highest BCUT2D eigenvalue weighted by Gasteiger charge is 2.27. The van der Waals surface area contributed by atoms with Gasteiger partial charge in [0.2, 0.25) is 5.91 Å². The zero-order valence-electron chi connectivity index (χ0n) is 14.9. The fourth-order valence-electron chi connectivity index (χ4n) is 2.93. The van der Waals surface area contributed by atoms with Crippen molar-refractivity contribution in [1.82, 2.24) is 19.9 Å². The summed E-state index contributed by atoms with van der Waals surface area (Å²) in [7, 11) is 0. The lowest BCUT2D eigenvalue weighted by atomic mass is 10.2. The van der Waals surface area contributed by atoms with Crippen molar-refractivity contribution >= 4 is 40.3 Å². The van der Waals surface area contributed by atoms with Gasteiger partial charge in [-0.25, -0.2) is 9.97 Å². The molecule has 3 aromatic rings. The van der Waals surface area contributed by atoms with E-state index in [9.17, 15) is 9.59 Å². The number of fused-ring (bicyclic) bond motifs is 1. The molecule has 140 valence electrons. The van der Waals surface area contributed by atoms with E-state index in [2.05, 4.69) is 15.3 Å². The summed E-state index contributed by atoms with van der Waals surface area (Å²) in [6.45, 7) is 4.18. The van der Waals surface area contributed by atoms with Gasteiger partial charge in [0.1, 0.15) is 5.01 Å². The second-order valence-corrected chi connectivity index (χ2v) is 9.37. The number of thiophene rings is 1. The number of nitrogens with one attached hydrogen (secondary N) is 1. The van der Waals surface area contributed by atoms with Crippen LogP contribution in [0.15, 0.2) is 33.7 Å². The Morgan fingerprint density at radius 3 is 3.04 bits per heavy atom. The van der Waals surface area contributed by atoms with Crippen molar-refractivity contribution in [3.63, 3.8) is 0 Å². The molecular weight excluding hydrogens is 400 g/mol. The van der Waals surface area contributed by atoms with Crippen molar-refractivity contribution in [2.24, 2.45) is 0 Å². The Morgan fingerprint density at radius 1 is 1.41 bits per heavy atom. The van der Waals surface area contributed by atoms with Crippen LogP contribution in [-0.4, -0.2) is 26.2 Å². The second kappa shape index (κ2) is 7.57. The molecule has 3 aromatic heterocycles. The highest BCUT2D eigenvalue weighted by molar-refractivity contribution is 7.99. The van der Waals surface area contributed by atoms with Gasteiger partial charge in [0, 0.05) is 28.8 Å². The predicted octanol–water partition coefficient (Wildman–Crippen LogP) is 3.40. The van der Waals surface area contributed by atoms with E-state index >= 15 is 0 Å². The second-order valence-electron chi connectivity index (χ2n) is 6.35. The first-order valence-electron chi connectivity index (χ1n) is 8.50. The smallest absolute Gasteiger partial charge is 0.257 e. The minimum atomic E-state index is -0.144. The van der Waals surface area contributed by atoms with Gasteiger partial charge in [-0.1, -0.05) is 17.8 Å².